The Morgan fingerprint density at radius 3 is 2.50 bits per heavy atom. The summed E-state index contributed by atoms with van der Waals surface area (Å²) in [6.45, 7) is 2.09. The third kappa shape index (κ3) is 2.72. The van der Waals surface area contributed by atoms with E-state index in [9.17, 15) is 0 Å². The lowest BCUT2D eigenvalue weighted by molar-refractivity contribution is 1.00. The van der Waals surface area contributed by atoms with Gasteiger partial charge in [0.25, 0.3) is 0 Å². The standard InChI is InChI=1S/C21H17N3/c1-16-10-12-18-19(15-16)24(20-9-5-6-14-22-20)21(23-18)13-11-17-7-3-2-4-8-17/h2-15H,1H3. The summed E-state index contributed by atoms with van der Waals surface area (Å²) in [6, 6.07) is 22.5. The van der Waals surface area contributed by atoms with Crippen molar-refractivity contribution >= 4 is 23.2 Å². The van der Waals surface area contributed by atoms with Crippen molar-refractivity contribution in [3.05, 3.63) is 89.9 Å². The predicted octanol–water partition coefficient (Wildman–Crippen LogP) is 4.90. The van der Waals surface area contributed by atoms with Gasteiger partial charge in [0, 0.05) is 6.20 Å². The molecule has 2 heterocycles. The molecule has 0 saturated heterocycles. The quantitative estimate of drug-likeness (QED) is 0.539. The van der Waals surface area contributed by atoms with Gasteiger partial charge in [-0.25, -0.2) is 9.97 Å². The van der Waals surface area contributed by atoms with Crippen LogP contribution < -0.4 is 0 Å². The van der Waals surface area contributed by atoms with Gasteiger partial charge < -0.3 is 0 Å². The van der Waals surface area contributed by atoms with Gasteiger partial charge in [0.15, 0.2) is 0 Å². The van der Waals surface area contributed by atoms with Crippen molar-refractivity contribution in [3.8, 4) is 5.82 Å². The number of nitrogens with zero attached hydrogens (tertiary/aromatic N) is 3. The Morgan fingerprint density at radius 2 is 1.71 bits per heavy atom. The van der Waals surface area contributed by atoms with Gasteiger partial charge in [-0.1, -0.05) is 48.5 Å². The molecule has 2 aromatic carbocycles. The Balaban J connectivity index is 1.90. The molecule has 0 bridgehead atoms. The number of aryl methyl sites for hydroxylation is 1. The molecule has 3 heteroatoms. The Hall–Kier alpha value is -3.20. The van der Waals surface area contributed by atoms with Gasteiger partial charge in [0.05, 0.1) is 11.0 Å². The molecule has 0 fully saturated rings. The number of pyridine rings is 1. The van der Waals surface area contributed by atoms with Crippen LogP contribution in [-0.4, -0.2) is 14.5 Å². The van der Waals surface area contributed by atoms with Crippen LogP contribution in [0.2, 0.25) is 0 Å². The van der Waals surface area contributed by atoms with Crippen LogP contribution in [0, 0.1) is 6.92 Å². The minimum absolute atomic E-state index is 0.873. The van der Waals surface area contributed by atoms with E-state index >= 15 is 0 Å². The van der Waals surface area contributed by atoms with Gasteiger partial charge >= 0.3 is 0 Å². The summed E-state index contributed by atoms with van der Waals surface area (Å²) >= 11 is 0. The molecule has 116 valence electrons. The number of rotatable bonds is 3. The molecular weight excluding hydrogens is 294 g/mol. The van der Waals surface area contributed by atoms with Gasteiger partial charge in [-0.15, -0.1) is 0 Å². The Bertz CT molecular complexity index is 999. The summed E-state index contributed by atoms with van der Waals surface area (Å²) in [6.07, 6.45) is 5.93. The van der Waals surface area contributed by atoms with E-state index in [0.29, 0.717) is 0 Å². The minimum Gasteiger partial charge on any atom is -0.277 e. The van der Waals surface area contributed by atoms with E-state index in [1.165, 1.54) is 5.56 Å². The van der Waals surface area contributed by atoms with E-state index in [1.807, 2.05) is 48.7 Å². The normalized spacial score (nSPS) is 11.4. The second-order valence-corrected chi connectivity index (χ2v) is 5.73. The first-order valence-corrected chi connectivity index (χ1v) is 7.95. The van der Waals surface area contributed by atoms with E-state index in [2.05, 4.69) is 52.9 Å². The molecule has 0 unspecified atom stereocenters. The van der Waals surface area contributed by atoms with Crippen molar-refractivity contribution in [2.24, 2.45) is 0 Å². The second-order valence-electron chi connectivity index (χ2n) is 5.73. The van der Waals surface area contributed by atoms with E-state index < -0.39 is 0 Å². The highest BCUT2D eigenvalue weighted by Gasteiger charge is 2.11. The number of hydrogen-bond acceptors (Lipinski definition) is 2. The molecule has 4 rings (SSSR count). The summed E-state index contributed by atoms with van der Waals surface area (Å²) in [4.78, 5) is 9.29. The molecule has 4 aromatic rings. The molecule has 3 nitrogen and oxygen atoms in total. The van der Waals surface area contributed by atoms with Crippen LogP contribution in [0.4, 0.5) is 0 Å². The molecule has 0 amide bonds. The van der Waals surface area contributed by atoms with Crippen LogP contribution in [0.25, 0.3) is 29.0 Å². The van der Waals surface area contributed by atoms with Crippen molar-refractivity contribution in [3.63, 3.8) is 0 Å². The fourth-order valence-electron chi connectivity index (χ4n) is 2.78. The molecule has 0 aliphatic heterocycles. The van der Waals surface area contributed by atoms with Gasteiger partial charge in [-0.2, -0.15) is 0 Å². The third-order valence-corrected chi connectivity index (χ3v) is 3.94. The number of fused-ring (bicyclic) bond motifs is 1. The summed E-state index contributed by atoms with van der Waals surface area (Å²) in [7, 11) is 0. The SMILES string of the molecule is Cc1ccc2nc(C=Cc3ccccc3)n(-c3ccccn3)c2c1. The zero-order valence-electron chi connectivity index (χ0n) is 13.4. The van der Waals surface area contributed by atoms with Crippen LogP contribution in [-0.2, 0) is 0 Å². The van der Waals surface area contributed by atoms with Crippen LogP contribution in [0.5, 0.6) is 0 Å². The zero-order chi connectivity index (χ0) is 16.4. The molecule has 0 radical (unpaired) electrons. The summed E-state index contributed by atoms with van der Waals surface area (Å²) in [5.74, 6) is 1.75. The zero-order valence-corrected chi connectivity index (χ0v) is 13.4. The lowest BCUT2D eigenvalue weighted by Crippen LogP contribution is -1.99. The topological polar surface area (TPSA) is 30.7 Å². The molecule has 0 saturated carbocycles. The molecule has 0 atom stereocenters. The second kappa shape index (κ2) is 6.13. The van der Waals surface area contributed by atoms with Crippen LogP contribution in [0.15, 0.2) is 72.9 Å². The van der Waals surface area contributed by atoms with E-state index in [4.69, 9.17) is 4.98 Å². The van der Waals surface area contributed by atoms with Gasteiger partial charge in [0.2, 0.25) is 0 Å². The van der Waals surface area contributed by atoms with Gasteiger partial charge in [-0.3, -0.25) is 4.57 Å². The van der Waals surface area contributed by atoms with Crippen LogP contribution in [0.1, 0.15) is 17.0 Å². The summed E-state index contributed by atoms with van der Waals surface area (Å²) < 4.78 is 2.10. The Morgan fingerprint density at radius 1 is 0.875 bits per heavy atom. The predicted molar refractivity (Wildman–Crippen MR) is 99.0 cm³/mol. The summed E-state index contributed by atoms with van der Waals surface area (Å²) in [5.41, 5.74) is 4.40. The first kappa shape index (κ1) is 14.4. The van der Waals surface area contributed by atoms with Crippen molar-refractivity contribution in [2.75, 3.05) is 0 Å². The van der Waals surface area contributed by atoms with Gasteiger partial charge in [0.1, 0.15) is 11.6 Å². The van der Waals surface area contributed by atoms with Crippen LogP contribution >= 0.6 is 0 Å². The molecule has 0 aliphatic carbocycles. The third-order valence-electron chi connectivity index (χ3n) is 3.94. The van der Waals surface area contributed by atoms with Crippen LogP contribution in [0.3, 0.4) is 0 Å². The first-order chi connectivity index (χ1) is 11.8. The maximum atomic E-state index is 4.78. The lowest BCUT2D eigenvalue weighted by Gasteiger charge is -2.06. The Labute approximate surface area is 140 Å². The number of imidazole rings is 1. The van der Waals surface area contributed by atoms with Gasteiger partial charge in [-0.05, 0) is 48.4 Å². The van der Waals surface area contributed by atoms with Crippen molar-refractivity contribution in [1.29, 1.82) is 0 Å². The fourth-order valence-corrected chi connectivity index (χ4v) is 2.78. The van der Waals surface area contributed by atoms with Crippen molar-refractivity contribution < 1.29 is 0 Å². The number of hydrogen-bond donors (Lipinski definition) is 0. The summed E-state index contributed by atoms with van der Waals surface area (Å²) in [5, 5.41) is 0. The number of benzene rings is 2. The number of aromatic nitrogens is 3. The highest BCUT2D eigenvalue weighted by molar-refractivity contribution is 5.82. The fraction of sp³-hybridized carbons (Fsp3) is 0.0476. The lowest BCUT2D eigenvalue weighted by atomic mass is 10.2. The smallest absolute Gasteiger partial charge is 0.139 e. The van der Waals surface area contributed by atoms with E-state index in [0.717, 1.165) is 28.2 Å². The molecule has 0 N–H and O–H groups in total. The molecule has 2 aromatic heterocycles. The highest BCUT2D eigenvalue weighted by atomic mass is 15.1. The van der Waals surface area contributed by atoms with E-state index in [1.54, 1.807) is 0 Å². The molecule has 0 spiro atoms. The maximum Gasteiger partial charge on any atom is 0.139 e. The molecule has 24 heavy (non-hydrogen) atoms. The maximum absolute atomic E-state index is 4.78. The Kier molecular flexibility index (Phi) is 3.67. The average molecular weight is 311 g/mol. The largest absolute Gasteiger partial charge is 0.277 e. The highest BCUT2D eigenvalue weighted by Crippen LogP contribution is 2.23. The monoisotopic (exact) mass is 311 g/mol. The minimum atomic E-state index is 0.873. The van der Waals surface area contributed by atoms with Crippen molar-refractivity contribution in [1.82, 2.24) is 14.5 Å². The van der Waals surface area contributed by atoms with Crippen molar-refractivity contribution in [2.45, 2.75) is 6.92 Å². The van der Waals surface area contributed by atoms with E-state index in [-0.39, 0.29) is 0 Å². The first-order valence-electron chi connectivity index (χ1n) is 7.95. The molecular formula is C21H17N3. The molecule has 0 aliphatic rings. The average Bonchev–Trinajstić information content (AvgIpc) is 2.99.